The molecule has 4 rings (SSSR count). The van der Waals surface area contributed by atoms with Crippen LogP contribution in [0.25, 0.3) is 11.2 Å². The van der Waals surface area contributed by atoms with Gasteiger partial charge in [0.25, 0.3) is 6.33 Å². The Bertz CT molecular complexity index is 1460. The van der Waals surface area contributed by atoms with Crippen LogP contribution in [0.5, 0.6) is 0 Å². The molecule has 1 fully saturated rings. The van der Waals surface area contributed by atoms with E-state index in [2.05, 4.69) is 19.5 Å². The van der Waals surface area contributed by atoms with E-state index in [1.807, 2.05) is 0 Å². The molecule has 0 radical (unpaired) electrons. The van der Waals surface area contributed by atoms with Crippen molar-refractivity contribution >= 4 is 36.7 Å². The molecule has 0 amide bonds. The number of rotatable bonds is 6. The summed E-state index contributed by atoms with van der Waals surface area (Å²) in [5, 5.41) is 29.7. The third-order valence-electron chi connectivity index (χ3n) is 5.10. The van der Waals surface area contributed by atoms with Crippen LogP contribution in [-0.4, -0.2) is 83.3 Å². The maximum absolute atomic E-state index is 13.1. The Balaban J connectivity index is 0.000000587. The van der Waals surface area contributed by atoms with E-state index < -0.39 is 63.2 Å². The molecule has 23 heteroatoms. The minimum atomic E-state index is -5.44. The standard InChI is InChI=1S/C16H18F3N7O7P.C2HF3O2/c1-24-2-3-25(7-24)34(30,33-15(29)16(17,18)19)31-4-8-10(27)11(28)14(32-8)26-6-23-9-12(20)21-5-22-13(9)26;3-2(4,5)1(6)7/h2-3,5-8,10-11,14,27-28H,4H2,1H3,(H2,20,21,22);(H,6,7)/q+1;/p-1/t8-,10-,11-,14-,34?;/m1./s1. The number of hydrogen-bond acceptors (Lipinski definition) is 13. The van der Waals surface area contributed by atoms with Gasteiger partial charge in [0.05, 0.1) is 20.0 Å². The number of aliphatic hydroxyl groups is 2. The van der Waals surface area contributed by atoms with Crippen LogP contribution in [0, 0.1) is 0 Å². The molecule has 0 bridgehead atoms. The summed E-state index contributed by atoms with van der Waals surface area (Å²) in [4.78, 5) is 32.0. The van der Waals surface area contributed by atoms with Crippen LogP contribution in [0.4, 0.5) is 32.2 Å². The highest BCUT2D eigenvalue weighted by atomic mass is 31.2. The third-order valence-corrected chi connectivity index (χ3v) is 6.77. The van der Waals surface area contributed by atoms with Gasteiger partial charge >= 0.3 is 26.1 Å². The Morgan fingerprint density at radius 2 is 1.80 bits per heavy atom. The van der Waals surface area contributed by atoms with Crippen LogP contribution < -0.4 is 15.4 Å². The van der Waals surface area contributed by atoms with E-state index in [0.29, 0.717) is 4.34 Å². The summed E-state index contributed by atoms with van der Waals surface area (Å²) < 4.78 is 101. The number of anilines is 1. The van der Waals surface area contributed by atoms with Crippen LogP contribution in [0.15, 0.2) is 31.4 Å². The molecular weight excluding hydrogens is 603 g/mol. The number of aliphatic hydroxyl groups excluding tert-OH is 2. The van der Waals surface area contributed by atoms with Crippen molar-refractivity contribution in [2.75, 3.05) is 12.3 Å². The zero-order chi connectivity index (χ0) is 30.9. The molecule has 3 aromatic rings. The van der Waals surface area contributed by atoms with Gasteiger partial charge in [0.2, 0.25) is 0 Å². The van der Waals surface area contributed by atoms with Gasteiger partial charge in [-0.05, 0) is 0 Å². The summed E-state index contributed by atoms with van der Waals surface area (Å²) in [6.45, 7) is -0.817. The molecule has 3 aromatic heterocycles. The molecule has 0 aromatic carbocycles. The fraction of sp³-hybridized carbons (Fsp3) is 0.444. The lowest BCUT2D eigenvalue weighted by Crippen LogP contribution is -2.37. The van der Waals surface area contributed by atoms with Crippen molar-refractivity contribution in [2.24, 2.45) is 7.05 Å². The number of aromatic nitrogens is 6. The van der Waals surface area contributed by atoms with Crippen LogP contribution >= 0.6 is 7.75 Å². The van der Waals surface area contributed by atoms with Gasteiger partial charge in [0.15, 0.2) is 17.7 Å². The smallest absolute Gasteiger partial charge is 0.542 e. The first kappa shape index (κ1) is 31.7. The van der Waals surface area contributed by atoms with Gasteiger partial charge in [-0.25, -0.2) is 28.9 Å². The number of ether oxygens (including phenoxy) is 1. The lowest BCUT2D eigenvalue weighted by molar-refractivity contribution is -0.670. The number of nitrogens with two attached hydrogens (primary N) is 1. The van der Waals surface area contributed by atoms with Gasteiger partial charge in [-0.1, -0.05) is 0 Å². The molecule has 0 saturated carbocycles. The molecule has 5 atom stereocenters. The highest BCUT2D eigenvalue weighted by molar-refractivity contribution is 7.52. The molecular formula is C18H18F6N7O9P. The summed E-state index contributed by atoms with van der Waals surface area (Å²) in [5.74, 6) is -5.68. The summed E-state index contributed by atoms with van der Waals surface area (Å²) in [5.41, 5.74) is 6.11. The fourth-order valence-electron chi connectivity index (χ4n) is 3.20. The first-order valence-corrected chi connectivity index (χ1v) is 12.2. The molecule has 226 valence electrons. The summed E-state index contributed by atoms with van der Waals surface area (Å²) in [6, 6.07) is 0. The number of nitrogen functional groups attached to an aromatic ring is 1. The maximum atomic E-state index is 13.1. The highest BCUT2D eigenvalue weighted by Gasteiger charge is 2.51. The monoisotopic (exact) mass is 621 g/mol. The fourth-order valence-corrected chi connectivity index (χ4v) is 4.64. The number of carbonyl (C=O) groups is 2. The number of imidazole rings is 2. The minimum absolute atomic E-state index is 0.0592. The van der Waals surface area contributed by atoms with Crippen LogP contribution in [0.2, 0.25) is 0 Å². The number of halogens is 6. The van der Waals surface area contributed by atoms with Gasteiger partial charge < -0.3 is 35.1 Å². The second-order valence-electron chi connectivity index (χ2n) is 8.01. The number of alkyl halides is 6. The maximum Gasteiger partial charge on any atom is 0.585 e. The summed E-state index contributed by atoms with van der Waals surface area (Å²) >= 11 is 0. The zero-order valence-corrected chi connectivity index (χ0v) is 21.0. The van der Waals surface area contributed by atoms with E-state index in [4.69, 9.17) is 24.9 Å². The molecule has 16 nitrogen and oxygen atoms in total. The summed E-state index contributed by atoms with van der Waals surface area (Å²) in [6.07, 6.45) is -10.7. The first-order chi connectivity index (χ1) is 18.8. The van der Waals surface area contributed by atoms with Gasteiger partial charge in [0.1, 0.15) is 48.5 Å². The van der Waals surface area contributed by atoms with E-state index in [-0.39, 0.29) is 17.0 Å². The largest absolute Gasteiger partial charge is 0.585 e. The van der Waals surface area contributed by atoms with E-state index >= 15 is 0 Å². The molecule has 41 heavy (non-hydrogen) atoms. The van der Waals surface area contributed by atoms with Gasteiger partial charge in [0, 0.05) is 0 Å². The second-order valence-corrected chi connectivity index (χ2v) is 9.85. The SMILES string of the molecule is C[n+]1ccn(P(=O)(OC[C@H]2O[C@@H](n3cnc4c(N)ncnc43)[C@H](O)[C@@H]2O)OC(=O)C(F)(F)F)c1.O=C([O-])C(F)(F)F. The van der Waals surface area contributed by atoms with Crippen molar-refractivity contribution in [3.8, 4) is 0 Å². The topological polar surface area (TPSA) is 221 Å². The predicted octanol–water partition coefficient (Wildman–Crippen LogP) is -1.27. The number of carboxylic acid groups (broad SMARTS) is 1. The van der Waals surface area contributed by atoms with Crippen molar-refractivity contribution in [1.29, 1.82) is 0 Å². The Morgan fingerprint density at radius 1 is 1.17 bits per heavy atom. The molecule has 0 spiro atoms. The quantitative estimate of drug-likeness (QED) is 0.166. The third kappa shape index (κ3) is 7.08. The number of fused-ring (bicyclic) bond motifs is 1. The van der Waals surface area contributed by atoms with E-state index in [9.17, 15) is 45.9 Å². The van der Waals surface area contributed by atoms with E-state index in [1.165, 1.54) is 28.7 Å². The average molecular weight is 621 g/mol. The lowest BCUT2D eigenvalue weighted by Gasteiger charge is -2.18. The van der Waals surface area contributed by atoms with Crippen LogP contribution in [0.1, 0.15) is 6.23 Å². The minimum Gasteiger partial charge on any atom is -0.542 e. The first-order valence-electron chi connectivity index (χ1n) is 10.7. The van der Waals surface area contributed by atoms with E-state index in [1.54, 1.807) is 0 Å². The van der Waals surface area contributed by atoms with Crippen LogP contribution in [-0.2, 0) is 35.0 Å². The van der Waals surface area contributed by atoms with Gasteiger partial charge in [-0.15, -0.1) is 4.34 Å². The zero-order valence-electron chi connectivity index (χ0n) is 20.1. The normalized spacial score (nSPS) is 22.6. The van der Waals surface area contributed by atoms with Crippen molar-refractivity contribution in [3.05, 3.63) is 31.4 Å². The molecule has 1 aliphatic heterocycles. The lowest BCUT2D eigenvalue weighted by atomic mass is 10.1. The Kier molecular flexibility index (Phi) is 8.93. The van der Waals surface area contributed by atoms with Crippen molar-refractivity contribution in [2.45, 2.75) is 36.9 Å². The second kappa shape index (κ2) is 11.6. The molecule has 0 aliphatic carbocycles. The van der Waals surface area contributed by atoms with E-state index in [0.717, 1.165) is 18.9 Å². The number of aliphatic carboxylic acids is 1. The Labute approximate surface area is 223 Å². The van der Waals surface area contributed by atoms with Crippen molar-refractivity contribution < 1.29 is 74.2 Å². The molecule has 1 unspecified atom stereocenters. The molecule has 4 heterocycles. The number of aryl methyl sites for hydroxylation is 1. The number of nitrogens with zero attached hydrogens (tertiary/aromatic N) is 6. The summed E-state index contributed by atoms with van der Waals surface area (Å²) in [7, 11) is -3.46. The number of carbonyl (C=O) groups excluding carboxylic acids is 2. The molecule has 1 saturated heterocycles. The number of carboxylic acids is 1. The predicted molar refractivity (Wildman–Crippen MR) is 113 cm³/mol. The average Bonchev–Trinajstić information content (AvgIpc) is 3.56. The van der Waals surface area contributed by atoms with Gasteiger partial charge in [-0.2, -0.15) is 26.3 Å². The molecule has 4 N–H and O–H groups in total. The number of hydrogen-bond donors (Lipinski definition) is 3. The Hall–Kier alpha value is -3.85. The van der Waals surface area contributed by atoms with Crippen LogP contribution in [0.3, 0.4) is 0 Å². The van der Waals surface area contributed by atoms with Crippen molar-refractivity contribution in [1.82, 2.24) is 23.9 Å². The molecule has 1 aliphatic rings. The Morgan fingerprint density at radius 3 is 2.34 bits per heavy atom. The van der Waals surface area contributed by atoms with Crippen molar-refractivity contribution in [3.63, 3.8) is 0 Å². The highest BCUT2D eigenvalue weighted by Crippen LogP contribution is 2.51. The van der Waals surface area contributed by atoms with Gasteiger partial charge in [-0.3, -0.25) is 9.09 Å².